The van der Waals surface area contributed by atoms with Gasteiger partial charge in [0.2, 0.25) is 12.6 Å². The first-order valence-corrected chi connectivity index (χ1v) is 27.2. The first-order chi connectivity index (χ1) is 34.4. The summed E-state index contributed by atoms with van der Waals surface area (Å²) in [5, 5.41) is 24.8. The maximum atomic E-state index is 15.1. The Morgan fingerprint density at radius 2 is 1.59 bits per heavy atom. The molecule has 0 aromatic heterocycles. The Balaban J connectivity index is 1.27. The summed E-state index contributed by atoms with van der Waals surface area (Å²) in [6.45, 7) is 7.81. The summed E-state index contributed by atoms with van der Waals surface area (Å²) in [6.07, 6.45) is 20.3. The second-order valence-electron chi connectivity index (χ2n) is 19.1. The van der Waals surface area contributed by atoms with Gasteiger partial charge in [-0.25, -0.2) is 4.79 Å². The van der Waals surface area contributed by atoms with E-state index in [4.69, 9.17) is 38.4 Å². The smallest absolute Gasteiger partial charge is 0.410 e. The van der Waals surface area contributed by atoms with E-state index in [1.807, 2.05) is 48.5 Å². The molecular formula is C57H78N2O10S. The van der Waals surface area contributed by atoms with Gasteiger partial charge >= 0.3 is 6.09 Å². The fourth-order valence-corrected chi connectivity index (χ4v) is 11.8. The molecule has 2 N–H and O–H groups in total. The van der Waals surface area contributed by atoms with Crippen molar-refractivity contribution in [1.82, 2.24) is 4.90 Å². The van der Waals surface area contributed by atoms with Crippen LogP contribution in [0.2, 0.25) is 0 Å². The Morgan fingerprint density at radius 1 is 0.857 bits per heavy atom. The average molecular weight is 983 g/mol. The van der Waals surface area contributed by atoms with E-state index in [1.165, 1.54) is 49.8 Å². The Hall–Kier alpha value is -4.69. The van der Waals surface area contributed by atoms with Gasteiger partial charge in [0.15, 0.2) is 11.5 Å². The number of carbonyl (C=O) groups is 1. The normalized spacial score (nSPS) is 22.4. The molecule has 12 nitrogen and oxygen atoms in total. The van der Waals surface area contributed by atoms with Crippen molar-refractivity contribution in [2.45, 2.75) is 145 Å². The van der Waals surface area contributed by atoms with E-state index in [0.717, 1.165) is 78.9 Å². The molecule has 7 rings (SSSR count). The van der Waals surface area contributed by atoms with Crippen molar-refractivity contribution < 1.29 is 48.3 Å². The molecule has 1 saturated carbocycles. The van der Waals surface area contributed by atoms with E-state index in [0.29, 0.717) is 36.7 Å². The van der Waals surface area contributed by atoms with Gasteiger partial charge in [0.1, 0.15) is 24.7 Å². The molecule has 3 aromatic rings. The Kier molecular flexibility index (Phi) is 21.1. The van der Waals surface area contributed by atoms with E-state index in [9.17, 15) is 10.2 Å². The van der Waals surface area contributed by atoms with E-state index in [1.54, 1.807) is 29.8 Å². The zero-order chi connectivity index (χ0) is 49.0. The summed E-state index contributed by atoms with van der Waals surface area (Å²) in [4.78, 5) is 23.7. The van der Waals surface area contributed by atoms with Gasteiger partial charge < -0.3 is 43.5 Å². The Bertz CT molecular complexity index is 2150. The van der Waals surface area contributed by atoms with Crippen LogP contribution in [0, 0.1) is 17.8 Å². The van der Waals surface area contributed by atoms with Crippen LogP contribution >= 0.6 is 11.8 Å². The number of benzene rings is 3. The Labute approximate surface area is 421 Å². The molecular weight excluding hydrogens is 905 g/mol. The standard InChI is InChI=1S/C57H78N2O10S/c1-4-6-7-8-9-10-11-12-13-21-33-65-56(62)59(40-42-26-28-51-52(36-42)67-41-66-51)53-39-49(58-63-3)47-37-43(22-17-19-30-60)46(25-18-20-31-61)54-48-38-44(64-34-35-70-45-23-15-14-16-24-45)27-29-50(48)69-57(53,55(47)54)68-32-5-2/h5,14-16,23-24,26-29,36-38,43,46,53-55,60-61H,2,4,6-13,17-22,25,30-35,39-41H2,1,3H3. The maximum absolute atomic E-state index is 15.1. The third-order valence-electron chi connectivity index (χ3n) is 14.3. The number of allylic oxidation sites excluding steroid dienone is 1. The van der Waals surface area contributed by atoms with Crippen molar-refractivity contribution in [3.8, 4) is 23.0 Å². The predicted octanol–water partition coefficient (Wildman–Crippen LogP) is 12.4. The zero-order valence-electron chi connectivity index (χ0n) is 41.7. The van der Waals surface area contributed by atoms with Crippen molar-refractivity contribution in [2.24, 2.45) is 22.9 Å². The number of aliphatic hydroxyl groups excluding tert-OH is 2. The monoisotopic (exact) mass is 983 g/mol. The summed E-state index contributed by atoms with van der Waals surface area (Å²) in [5.41, 5.74) is 3.53. The number of fused-ring (bicyclic) bond motifs is 3. The largest absolute Gasteiger partial charge is 0.493 e. The van der Waals surface area contributed by atoms with E-state index >= 15 is 4.79 Å². The lowest BCUT2D eigenvalue weighted by molar-refractivity contribution is -0.256. The number of oxime groups is 1. The van der Waals surface area contributed by atoms with Gasteiger partial charge in [0, 0.05) is 48.3 Å². The molecule has 4 aliphatic rings. The lowest BCUT2D eigenvalue weighted by atomic mass is 9.55. The molecule has 1 amide bonds. The van der Waals surface area contributed by atoms with Crippen LogP contribution < -0.4 is 18.9 Å². The molecule has 382 valence electrons. The van der Waals surface area contributed by atoms with Crippen molar-refractivity contribution in [1.29, 1.82) is 0 Å². The predicted molar refractivity (Wildman–Crippen MR) is 276 cm³/mol. The van der Waals surface area contributed by atoms with Gasteiger partial charge in [-0.2, -0.15) is 0 Å². The highest BCUT2D eigenvalue weighted by Gasteiger charge is 2.65. The second kappa shape index (κ2) is 27.8. The second-order valence-corrected chi connectivity index (χ2v) is 20.2. The summed E-state index contributed by atoms with van der Waals surface area (Å²) < 4.78 is 39.0. The third-order valence-corrected chi connectivity index (χ3v) is 15.3. The molecule has 1 fully saturated rings. The van der Waals surface area contributed by atoms with Gasteiger partial charge in [-0.1, -0.05) is 119 Å². The van der Waals surface area contributed by atoms with Crippen LogP contribution in [-0.4, -0.2) is 91.4 Å². The zero-order valence-corrected chi connectivity index (χ0v) is 42.6. The van der Waals surface area contributed by atoms with Crippen LogP contribution in [0.5, 0.6) is 23.0 Å². The number of hydrogen-bond donors (Lipinski definition) is 2. The van der Waals surface area contributed by atoms with Crippen LogP contribution in [-0.2, 0) is 20.9 Å². The maximum Gasteiger partial charge on any atom is 0.410 e. The highest BCUT2D eigenvalue weighted by atomic mass is 32.2. The van der Waals surface area contributed by atoms with Crippen molar-refractivity contribution in [3.63, 3.8) is 0 Å². The average Bonchev–Trinajstić information content (AvgIpc) is 3.85. The fourth-order valence-electron chi connectivity index (χ4n) is 11.1. The van der Waals surface area contributed by atoms with Crippen molar-refractivity contribution >= 4 is 23.6 Å². The van der Waals surface area contributed by atoms with Gasteiger partial charge in [-0.15, -0.1) is 18.3 Å². The quantitative estimate of drug-likeness (QED) is 0.0276. The third kappa shape index (κ3) is 13.6. The molecule has 0 spiro atoms. The molecule has 2 aliphatic heterocycles. The van der Waals surface area contributed by atoms with E-state index in [2.05, 4.69) is 37.8 Å². The minimum Gasteiger partial charge on any atom is -0.493 e. The topological polar surface area (TPSA) is 138 Å². The summed E-state index contributed by atoms with van der Waals surface area (Å²) in [5.74, 6) is 1.56. The highest BCUT2D eigenvalue weighted by Crippen LogP contribution is 2.62. The number of ether oxygens (including phenoxy) is 6. The number of carbonyl (C=O) groups excluding carboxylic acids is 1. The van der Waals surface area contributed by atoms with Crippen molar-refractivity contribution in [3.05, 3.63) is 102 Å². The van der Waals surface area contributed by atoms with Crippen molar-refractivity contribution in [2.75, 3.05) is 52.7 Å². The number of thioether (sulfide) groups is 1. The lowest BCUT2D eigenvalue weighted by Gasteiger charge is -2.59. The molecule has 6 atom stereocenters. The molecule has 13 heteroatoms. The highest BCUT2D eigenvalue weighted by molar-refractivity contribution is 7.99. The van der Waals surface area contributed by atoms with E-state index in [-0.39, 0.29) is 63.9 Å². The van der Waals surface area contributed by atoms with Crippen LogP contribution in [0.25, 0.3) is 0 Å². The molecule has 2 heterocycles. The first-order valence-electron chi connectivity index (χ1n) is 26.2. The lowest BCUT2D eigenvalue weighted by Crippen LogP contribution is -2.70. The molecule has 0 bridgehead atoms. The molecule has 0 radical (unpaired) electrons. The summed E-state index contributed by atoms with van der Waals surface area (Å²) >= 11 is 1.75. The van der Waals surface area contributed by atoms with E-state index < -0.39 is 23.8 Å². The number of nitrogens with zero attached hydrogens (tertiary/aromatic N) is 2. The number of rotatable bonds is 31. The molecule has 6 unspecified atom stereocenters. The Morgan fingerprint density at radius 3 is 2.33 bits per heavy atom. The van der Waals surface area contributed by atoms with Gasteiger partial charge in [0.05, 0.1) is 31.5 Å². The number of hydrogen-bond acceptors (Lipinski definition) is 12. The van der Waals surface area contributed by atoms with Gasteiger partial charge in [-0.05, 0) is 97.5 Å². The minimum atomic E-state index is -1.43. The summed E-state index contributed by atoms with van der Waals surface area (Å²) in [6, 6.07) is 21.4. The molecule has 2 aliphatic carbocycles. The van der Waals surface area contributed by atoms with Crippen LogP contribution in [0.15, 0.2) is 101 Å². The number of unbranched alkanes of at least 4 members (excludes halogenated alkanes) is 11. The van der Waals surface area contributed by atoms with Crippen LogP contribution in [0.4, 0.5) is 4.79 Å². The molecule has 3 aromatic carbocycles. The first kappa shape index (κ1) is 53.1. The number of amides is 1. The molecule has 0 saturated heterocycles. The number of aliphatic hydroxyl groups is 2. The summed E-state index contributed by atoms with van der Waals surface area (Å²) in [7, 11) is 1.56. The SMILES string of the molecule is C=CCOC12Oc3ccc(OCCSc4ccccc4)cc3C3C(CCCCO)C(CCCCO)C=C(C(=NOC)CC1N(Cc1ccc4c(c1)OCO4)C(=O)OCCCCCCCCCCCC)C32. The molecule has 70 heavy (non-hydrogen) atoms. The minimum absolute atomic E-state index is 0.0744. The van der Waals surface area contributed by atoms with Gasteiger partial charge in [-0.3, -0.25) is 4.90 Å². The fraction of sp³-hybridized carbons (Fsp3) is 0.579. The van der Waals surface area contributed by atoms with Gasteiger partial charge in [0.25, 0.3) is 0 Å². The van der Waals surface area contributed by atoms with Crippen LogP contribution in [0.1, 0.15) is 133 Å². The van der Waals surface area contributed by atoms with Crippen LogP contribution in [0.3, 0.4) is 0 Å².